The van der Waals surface area contributed by atoms with Crippen LogP contribution in [-0.2, 0) is 9.59 Å². The molecule has 5 rings (SSSR count). The minimum atomic E-state index is -0.456. The van der Waals surface area contributed by atoms with Crippen LogP contribution in [0.25, 0.3) is 0 Å². The fraction of sp³-hybridized carbons (Fsp3) is 0.619. The Morgan fingerprint density at radius 1 is 1.15 bits per heavy atom. The van der Waals surface area contributed by atoms with Crippen LogP contribution in [0.3, 0.4) is 0 Å². The van der Waals surface area contributed by atoms with Crippen LogP contribution < -0.4 is 10.1 Å². The lowest BCUT2D eigenvalue weighted by Crippen LogP contribution is -2.61. The number of methoxy groups -OCH3 is 1. The average molecular weight is 371 g/mol. The monoisotopic (exact) mass is 371 g/mol. The summed E-state index contributed by atoms with van der Waals surface area (Å²) in [5, 5.41) is 2.76. The van der Waals surface area contributed by atoms with Gasteiger partial charge in [0.05, 0.1) is 13.2 Å². The first-order valence-corrected chi connectivity index (χ1v) is 10.1. The number of nitrogens with one attached hydrogen (secondary N) is 1. The van der Waals surface area contributed by atoms with E-state index in [4.69, 9.17) is 4.74 Å². The summed E-state index contributed by atoms with van der Waals surface area (Å²) < 4.78 is 5.29. The molecule has 2 bridgehead atoms. The molecule has 6 nitrogen and oxygen atoms in total. The molecule has 27 heavy (non-hydrogen) atoms. The third kappa shape index (κ3) is 3.20. The number of fused-ring (bicyclic) bond motifs is 2. The topological polar surface area (TPSA) is 61.9 Å². The number of rotatable bonds is 4. The van der Waals surface area contributed by atoms with Crippen molar-refractivity contribution in [2.75, 3.05) is 33.3 Å². The highest BCUT2D eigenvalue weighted by Gasteiger charge is 2.55. The second kappa shape index (κ2) is 7.50. The quantitative estimate of drug-likeness (QED) is 0.817. The van der Waals surface area contributed by atoms with Crippen LogP contribution in [0, 0.1) is 5.92 Å². The Hall–Kier alpha value is -2.08. The summed E-state index contributed by atoms with van der Waals surface area (Å²) in [5.41, 5.74) is 1.22. The molecule has 3 atom stereocenters. The molecule has 0 unspecified atom stereocenters. The number of likely N-dealkylation sites (tertiary alicyclic amines) is 1. The summed E-state index contributed by atoms with van der Waals surface area (Å²) in [7, 11) is 1.67. The Labute approximate surface area is 160 Å². The minimum Gasteiger partial charge on any atom is -0.497 e. The first-order valence-electron chi connectivity index (χ1n) is 10.1. The molecule has 1 aromatic rings. The van der Waals surface area contributed by atoms with Gasteiger partial charge in [-0.25, -0.2) is 0 Å². The zero-order valence-corrected chi connectivity index (χ0v) is 16.2. The Kier molecular flexibility index (Phi) is 5.08. The summed E-state index contributed by atoms with van der Waals surface area (Å²) in [5.74, 6) is 0.773. The SMILES string of the molecule is CCCNC(=O)C(=O)N1C[C@@H](c2ccc(OC)cc2)[C@@H]2[C@H]1C1CCN2CC1. The number of nitrogens with zero attached hydrogens (tertiary/aromatic N) is 2. The van der Waals surface area contributed by atoms with Crippen molar-refractivity contribution >= 4 is 11.8 Å². The molecule has 4 saturated heterocycles. The molecule has 0 aromatic heterocycles. The molecule has 146 valence electrons. The van der Waals surface area contributed by atoms with Gasteiger partial charge in [-0.2, -0.15) is 0 Å². The molecule has 1 aromatic carbocycles. The molecule has 0 spiro atoms. The van der Waals surface area contributed by atoms with E-state index in [-0.39, 0.29) is 17.9 Å². The number of carbonyl (C=O) groups excluding carboxylic acids is 2. The number of hydrogen-bond acceptors (Lipinski definition) is 4. The first kappa shape index (κ1) is 18.3. The predicted octanol–water partition coefficient (Wildman–Crippen LogP) is 1.61. The summed E-state index contributed by atoms with van der Waals surface area (Å²) in [6.45, 7) is 5.35. The Morgan fingerprint density at radius 3 is 2.48 bits per heavy atom. The molecular weight excluding hydrogens is 342 g/mol. The smallest absolute Gasteiger partial charge is 0.312 e. The molecule has 2 amide bonds. The first-order chi connectivity index (χ1) is 13.1. The van der Waals surface area contributed by atoms with E-state index in [1.54, 1.807) is 7.11 Å². The lowest BCUT2D eigenvalue weighted by atomic mass is 9.75. The molecule has 4 aliphatic heterocycles. The van der Waals surface area contributed by atoms with Crippen LogP contribution in [0.4, 0.5) is 0 Å². The maximum Gasteiger partial charge on any atom is 0.312 e. The number of piperidine rings is 3. The van der Waals surface area contributed by atoms with Gasteiger partial charge < -0.3 is 15.0 Å². The van der Waals surface area contributed by atoms with Crippen molar-refractivity contribution in [2.24, 2.45) is 5.92 Å². The standard InChI is InChI=1S/C21H29N3O3/c1-3-10-22-20(25)21(26)24-13-17(14-4-6-16(27-2)7-5-14)19-18(24)15-8-11-23(19)12-9-15/h4-7,15,17-19H,3,8-13H2,1-2H3,(H,22,25)/t17-,18+,19+/m0/s1. The number of hydrogen-bond donors (Lipinski definition) is 1. The normalized spacial score (nSPS) is 31.5. The van der Waals surface area contributed by atoms with E-state index >= 15 is 0 Å². The molecule has 6 heteroatoms. The highest BCUT2D eigenvalue weighted by atomic mass is 16.5. The van der Waals surface area contributed by atoms with E-state index in [0.717, 1.165) is 38.1 Å². The molecule has 0 radical (unpaired) electrons. The Bertz CT molecular complexity index is 697. The van der Waals surface area contributed by atoms with Crippen LogP contribution in [0.5, 0.6) is 5.75 Å². The highest BCUT2D eigenvalue weighted by molar-refractivity contribution is 6.35. The van der Waals surface area contributed by atoms with E-state index < -0.39 is 5.91 Å². The summed E-state index contributed by atoms with van der Waals surface area (Å²) in [6, 6.07) is 8.65. The zero-order chi connectivity index (χ0) is 19.0. The van der Waals surface area contributed by atoms with Gasteiger partial charge in [-0.05, 0) is 56.0 Å². The Morgan fingerprint density at radius 2 is 1.85 bits per heavy atom. The Balaban J connectivity index is 1.61. The molecule has 4 aliphatic rings. The number of benzene rings is 1. The van der Waals surface area contributed by atoms with E-state index in [9.17, 15) is 9.59 Å². The average Bonchev–Trinajstić information content (AvgIpc) is 3.15. The van der Waals surface area contributed by atoms with Crippen molar-refractivity contribution in [2.45, 2.75) is 44.2 Å². The molecule has 0 saturated carbocycles. The lowest BCUT2D eigenvalue weighted by Gasteiger charge is -2.51. The van der Waals surface area contributed by atoms with Crippen LogP contribution in [-0.4, -0.2) is 67.0 Å². The summed E-state index contributed by atoms with van der Waals surface area (Å²) in [4.78, 5) is 29.7. The van der Waals surface area contributed by atoms with Crippen LogP contribution in [0.1, 0.15) is 37.7 Å². The minimum absolute atomic E-state index is 0.152. The van der Waals surface area contributed by atoms with Crippen molar-refractivity contribution in [3.05, 3.63) is 29.8 Å². The second-order valence-electron chi connectivity index (χ2n) is 7.95. The maximum atomic E-state index is 12.9. The van der Waals surface area contributed by atoms with Gasteiger partial charge in [0, 0.05) is 25.0 Å². The molecular formula is C21H29N3O3. The number of carbonyl (C=O) groups is 2. The largest absolute Gasteiger partial charge is 0.497 e. The van der Waals surface area contributed by atoms with E-state index in [0.29, 0.717) is 25.0 Å². The number of ether oxygens (including phenoxy) is 1. The maximum absolute atomic E-state index is 12.9. The lowest BCUT2D eigenvalue weighted by molar-refractivity contribution is -0.148. The van der Waals surface area contributed by atoms with Crippen LogP contribution in [0.2, 0.25) is 0 Å². The predicted molar refractivity (Wildman–Crippen MR) is 103 cm³/mol. The summed E-state index contributed by atoms with van der Waals surface area (Å²) >= 11 is 0. The van der Waals surface area contributed by atoms with Crippen molar-refractivity contribution in [1.29, 1.82) is 0 Å². The van der Waals surface area contributed by atoms with Gasteiger partial charge in [-0.1, -0.05) is 19.1 Å². The fourth-order valence-corrected chi connectivity index (χ4v) is 5.24. The number of amides is 2. The van der Waals surface area contributed by atoms with Gasteiger partial charge in [0.25, 0.3) is 0 Å². The van der Waals surface area contributed by atoms with Crippen molar-refractivity contribution in [1.82, 2.24) is 15.1 Å². The van der Waals surface area contributed by atoms with E-state index in [1.165, 1.54) is 5.56 Å². The molecule has 0 aliphatic carbocycles. The van der Waals surface area contributed by atoms with Crippen molar-refractivity contribution in [3.63, 3.8) is 0 Å². The van der Waals surface area contributed by atoms with Crippen LogP contribution in [0.15, 0.2) is 24.3 Å². The third-order valence-corrected chi connectivity index (χ3v) is 6.53. The second-order valence-corrected chi connectivity index (χ2v) is 7.95. The van der Waals surface area contributed by atoms with Gasteiger partial charge in [-0.3, -0.25) is 14.5 Å². The van der Waals surface area contributed by atoms with Crippen LogP contribution >= 0.6 is 0 Å². The summed E-state index contributed by atoms with van der Waals surface area (Å²) in [6.07, 6.45) is 3.07. The van der Waals surface area contributed by atoms with Gasteiger partial charge in [0.1, 0.15) is 5.75 Å². The third-order valence-electron chi connectivity index (χ3n) is 6.53. The van der Waals surface area contributed by atoms with Gasteiger partial charge in [0.15, 0.2) is 0 Å². The zero-order valence-electron chi connectivity index (χ0n) is 16.2. The molecule has 1 N–H and O–H groups in total. The highest BCUT2D eigenvalue weighted by Crippen LogP contribution is 2.46. The molecule has 4 fully saturated rings. The van der Waals surface area contributed by atoms with Gasteiger partial charge in [0.2, 0.25) is 0 Å². The fourth-order valence-electron chi connectivity index (χ4n) is 5.24. The van der Waals surface area contributed by atoms with Gasteiger partial charge >= 0.3 is 11.8 Å². The van der Waals surface area contributed by atoms with E-state index in [2.05, 4.69) is 22.3 Å². The van der Waals surface area contributed by atoms with Crippen molar-refractivity contribution < 1.29 is 14.3 Å². The van der Waals surface area contributed by atoms with E-state index in [1.807, 2.05) is 24.0 Å². The van der Waals surface area contributed by atoms with Gasteiger partial charge in [-0.15, -0.1) is 0 Å². The molecule has 4 heterocycles. The van der Waals surface area contributed by atoms with Crippen molar-refractivity contribution in [3.8, 4) is 5.75 Å².